The van der Waals surface area contributed by atoms with E-state index in [0.717, 1.165) is 25.1 Å². The van der Waals surface area contributed by atoms with Crippen molar-refractivity contribution in [2.75, 3.05) is 36.2 Å². The van der Waals surface area contributed by atoms with Gasteiger partial charge < -0.3 is 15.8 Å². The van der Waals surface area contributed by atoms with Crippen LogP contribution in [0.5, 0.6) is 0 Å². The zero-order valence-electron chi connectivity index (χ0n) is 11.4. The van der Waals surface area contributed by atoms with Gasteiger partial charge in [0.15, 0.2) is 0 Å². The number of nitrogens with two attached hydrogens (primary N) is 1. The highest BCUT2D eigenvalue weighted by Crippen LogP contribution is 2.20. The SMILES string of the molecule is CCOC(=O)c1ccnc(NCCCCSC)c1N. The van der Waals surface area contributed by atoms with Crippen molar-refractivity contribution in [3.05, 3.63) is 17.8 Å². The molecule has 0 saturated heterocycles. The van der Waals surface area contributed by atoms with E-state index in [1.54, 1.807) is 19.2 Å². The molecule has 3 N–H and O–H groups in total. The van der Waals surface area contributed by atoms with E-state index < -0.39 is 5.97 Å². The number of pyridine rings is 1. The fourth-order valence-electron chi connectivity index (χ4n) is 1.58. The van der Waals surface area contributed by atoms with Crippen molar-refractivity contribution in [3.8, 4) is 0 Å². The summed E-state index contributed by atoms with van der Waals surface area (Å²) in [6.45, 7) is 2.89. The van der Waals surface area contributed by atoms with E-state index >= 15 is 0 Å². The molecular formula is C13H21N3O2S. The summed E-state index contributed by atoms with van der Waals surface area (Å²) < 4.78 is 4.94. The maximum atomic E-state index is 11.7. The number of carbonyl (C=O) groups is 1. The van der Waals surface area contributed by atoms with Crippen LogP contribution in [0.25, 0.3) is 0 Å². The van der Waals surface area contributed by atoms with Crippen LogP contribution in [0, 0.1) is 0 Å². The maximum absolute atomic E-state index is 11.7. The molecule has 0 aliphatic carbocycles. The summed E-state index contributed by atoms with van der Waals surface area (Å²) in [5.74, 6) is 1.29. The number of thioether (sulfide) groups is 1. The molecule has 0 spiro atoms. The zero-order valence-corrected chi connectivity index (χ0v) is 12.3. The van der Waals surface area contributed by atoms with Crippen molar-refractivity contribution in [3.63, 3.8) is 0 Å². The third-order valence-corrected chi connectivity index (χ3v) is 3.25. The number of esters is 1. The van der Waals surface area contributed by atoms with E-state index in [-0.39, 0.29) is 0 Å². The predicted octanol–water partition coefficient (Wildman–Crippen LogP) is 2.40. The van der Waals surface area contributed by atoms with Crippen molar-refractivity contribution in [1.82, 2.24) is 4.98 Å². The Morgan fingerprint density at radius 3 is 3.00 bits per heavy atom. The summed E-state index contributed by atoms with van der Waals surface area (Å²) in [6, 6.07) is 1.58. The van der Waals surface area contributed by atoms with Gasteiger partial charge in [-0.15, -0.1) is 0 Å². The minimum absolute atomic E-state index is 0.331. The van der Waals surface area contributed by atoms with Gasteiger partial charge >= 0.3 is 5.97 Å². The molecule has 5 nitrogen and oxygen atoms in total. The van der Waals surface area contributed by atoms with Gasteiger partial charge in [-0.2, -0.15) is 11.8 Å². The lowest BCUT2D eigenvalue weighted by molar-refractivity contribution is 0.0527. The Kier molecular flexibility index (Phi) is 7.10. The summed E-state index contributed by atoms with van der Waals surface area (Å²) in [5.41, 5.74) is 6.64. The van der Waals surface area contributed by atoms with Crippen LogP contribution in [-0.2, 0) is 4.74 Å². The molecule has 19 heavy (non-hydrogen) atoms. The smallest absolute Gasteiger partial charge is 0.340 e. The molecule has 0 radical (unpaired) electrons. The molecule has 0 aliphatic heterocycles. The van der Waals surface area contributed by atoms with Crippen LogP contribution in [0.3, 0.4) is 0 Å². The minimum Gasteiger partial charge on any atom is -0.462 e. The van der Waals surface area contributed by atoms with Gasteiger partial charge in [-0.1, -0.05) is 0 Å². The van der Waals surface area contributed by atoms with Crippen molar-refractivity contribution < 1.29 is 9.53 Å². The van der Waals surface area contributed by atoms with Crippen molar-refractivity contribution in [2.45, 2.75) is 19.8 Å². The van der Waals surface area contributed by atoms with E-state index in [1.165, 1.54) is 0 Å². The highest BCUT2D eigenvalue weighted by Gasteiger charge is 2.13. The highest BCUT2D eigenvalue weighted by atomic mass is 32.2. The van der Waals surface area contributed by atoms with Crippen LogP contribution < -0.4 is 11.1 Å². The molecule has 6 heteroatoms. The monoisotopic (exact) mass is 283 g/mol. The molecule has 0 aromatic carbocycles. The molecule has 0 unspecified atom stereocenters. The van der Waals surface area contributed by atoms with Gasteiger partial charge in [0.2, 0.25) is 0 Å². The number of aromatic nitrogens is 1. The molecule has 1 aromatic rings. The second kappa shape index (κ2) is 8.63. The van der Waals surface area contributed by atoms with Crippen LogP contribution in [0.1, 0.15) is 30.1 Å². The average molecular weight is 283 g/mol. The molecular weight excluding hydrogens is 262 g/mol. The Labute approximate surface area is 118 Å². The zero-order chi connectivity index (χ0) is 14.1. The van der Waals surface area contributed by atoms with Gasteiger partial charge in [-0.25, -0.2) is 9.78 Å². The Bertz CT molecular complexity index is 413. The number of hydrogen-bond acceptors (Lipinski definition) is 6. The Balaban J connectivity index is 2.59. The second-order valence-corrected chi connectivity index (χ2v) is 4.95. The largest absolute Gasteiger partial charge is 0.462 e. The summed E-state index contributed by atoms with van der Waals surface area (Å²) in [5, 5.41) is 3.16. The first kappa shape index (κ1) is 15.6. The lowest BCUT2D eigenvalue weighted by Crippen LogP contribution is -2.12. The van der Waals surface area contributed by atoms with Crippen molar-refractivity contribution in [1.29, 1.82) is 0 Å². The first-order chi connectivity index (χ1) is 9.20. The predicted molar refractivity (Wildman–Crippen MR) is 80.7 cm³/mol. The van der Waals surface area contributed by atoms with Gasteiger partial charge in [-0.05, 0) is 37.8 Å². The molecule has 0 aliphatic rings. The van der Waals surface area contributed by atoms with Gasteiger partial charge in [0.1, 0.15) is 5.82 Å². The average Bonchev–Trinajstić information content (AvgIpc) is 2.40. The van der Waals surface area contributed by atoms with E-state index in [2.05, 4.69) is 16.6 Å². The third-order valence-electron chi connectivity index (χ3n) is 2.55. The van der Waals surface area contributed by atoms with Crippen LogP contribution >= 0.6 is 11.8 Å². The molecule has 0 fully saturated rings. The van der Waals surface area contributed by atoms with Crippen molar-refractivity contribution in [2.24, 2.45) is 0 Å². The molecule has 1 rings (SSSR count). The van der Waals surface area contributed by atoms with Gasteiger partial charge in [0.05, 0.1) is 17.9 Å². The van der Waals surface area contributed by atoms with Crippen LogP contribution in [-0.4, -0.2) is 36.1 Å². The molecule has 1 heterocycles. The van der Waals surface area contributed by atoms with Gasteiger partial charge in [0.25, 0.3) is 0 Å². The molecule has 0 bridgehead atoms. The van der Waals surface area contributed by atoms with E-state index in [0.29, 0.717) is 23.7 Å². The Morgan fingerprint density at radius 2 is 2.32 bits per heavy atom. The van der Waals surface area contributed by atoms with Gasteiger partial charge in [0, 0.05) is 12.7 Å². The number of rotatable bonds is 8. The quantitative estimate of drug-likeness (QED) is 0.563. The number of anilines is 2. The second-order valence-electron chi connectivity index (χ2n) is 3.97. The lowest BCUT2D eigenvalue weighted by atomic mass is 10.2. The molecule has 1 aromatic heterocycles. The van der Waals surface area contributed by atoms with Crippen LogP contribution in [0.4, 0.5) is 11.5 Å². The fraction of sp³-hybridized carbons (Fsp3) is 0.538. The van der Waals surface area contributed by atoms with E-state index in [1.807, 2.05) is 11.8 Å². The Hall–Kier alpha value is -1.43. The van der Waals surface area contributed by atoms with Crippen LogP contribution in [0.15, 0.2) is 12.3 Å². The molecule has 106 valence electrons. The van der Waals surface area contributed by atoms with Crippen molar-refractivity contribution >= 4 is 29.2 Å². The molecule has 0 atom stereocenters. The Morgan fingerprint density at radius 1 is 1.53 bits per heavy atom. The van der Waals surface area contributed by atoms with E-state index in [9.17, 15) is 4.79 Å². The standard InChI is InChI=1S/C13H21N3O2S/c1-3-18-13(17)10-6-8-16-12(11(10)14)15-7-4-5-9-19-2/h6,8H,3-5,7,9,14H2,1-2H3,(H,15,16). The number of nitrogen functional groups attached to an aromatic ring is 1. The third kappa shape index (κ3) is 4.98. The topological polar surface area (TPSA) is 77.2 Å². The first-order valence-corrected chi connectivity index (χ1v) is 7.74. The summed E-state index contributed by atoms with van der Waals surface area (Å²) in [6.07, 6.45) is 5.85. The number of nitrogens with one attached hydrogen (secondary N) is 1. The maximum Gasteiger partial charge on any atom is 0.340 e. The van der Waals surface area contributed by atoms with Crippen LogP contribution in [0.2, 0.25) is 0 Å². The number of nitrogens with zero attached hydrogens (tertiary/aromatic N) is 1. The van der Waals surface area contributed by atoms with E-state index in [4.69, 9.17) is 10.5 Å². The lowest BCUT2D eigenvalue weighted by Gasteiger charge is -2.11. The fourth-order valence-corrected chi connectivity index (χ4v) is 2.07. The summed E-state index contributed by atoms with van der Waals surface area (Å²) >= 11 is 1.83. The van der Waals surface area contributed by atoms with Gasteiger partial charge in [-0.3, -0.25) is 0 Å². The molecule has 0 amide bonds. The first-order valence-electron chi connectivity index (χ1n) is 6.35. The number of ether oxygens (including phenoxy) is 1. The molecule has 0 saturated carbocycles. The normalized spacial score (nSPS) is 10.2. The minimum atomic E-state index is -0.409. The number of hydrogen-bond donors (Lipinski definition) is 2. The summed E-state index contributed by atoms with van der Waals surface area (Å²) in [4.78, 5) is 15.8. The highest BCUT2D eigenvalue weighted by molar-refractivity contribution is 7.98. The number of unbranched alkanes of at least 4 members (excludes halogenated alkanes) is 1. The number of carbonyl (C=O) groups excluding carboxylic acids is 1. The summed E-state index contributed by atoms with van der Waals surface area (Å²) in [7, 11) is 0.